The Morgan fingerprint density at radius 1 is 0.947 bits per heavy atom. The quantitative estimate of drug-likeness (QED) is 0.419. The van der Waals surface area contributed by atoms with Gasteiger partial charge in [-0.1, -0.05) is 13.8 Å². The second kappa shape index (κ2) is 8.86. The molecule has 38 heavy (non-hydrogen) atoms. The summed E-state index contributed by atoms with van der Waals surface area (Å²) in [6, 6.07) is 0. The zero-order valence-electron chi connectivity index (χ0n) is 23.3. The first-order valence-electron chi connectivity index (χ1n) is 15.2. The number of aliphatic hydroxyl groups is 2. The number of esters is 1. The second-order valence-electron chi connectivity index (χ2n) is 14.3. The Labute approximate surface area is 226 Å². The Morgan fingerprint density at radius 2 is 1.74 bits per heavy atom. The van der Waals surface area contributed by atoms with Gasteiger partial charge in [0.25, 0.3) is 0 Å². The molecule has 7 fully saturated rings. The molecular formula is C30H46O8. The minimum Gasteiger partial charge on any atom is -0.435 e. The number of rotatable bonds is 3. The van der Waals surface area contributed by atoms with Crippen molar-refractivity contribution in [1.29, 1.82) is 0 Å². The van der Waals surface area contributed by atoms with E-state index in [1.165, 1.54) is 20.0 Å². The molecule has 0 aromatic carbocycles. The highest BCUT2D eigenvalue weighted by Gasteiger charge is 2.74. The van der Waals surface area contributed by atoms with Crippen LogP contribution in [0.2, 0.25) is 0 Å². The molecule has 8 nitrogen and oxygen atoms in total. The fraction of sp³-hybridized carbons (Fsp3) is 0.967. The third-order valence-electron chi connectivity index (χ3n) is 13.1. The largest absolute Gasteiger partial charge is 0.435 e. The number of methoxy groups -OCH3 is 1. The van der Waals surface area contributed by atoms with Crippen molar-refractivity contribution in [2.75, 3.05) is 7.11 Å². The molecular weight excluding hydrogens is 488 g/mol. The number of aliphatic hydroxyl groups excluding tert-OH is 2. The van der Waals surface area contributed by atoms with Crippen molar-refractivity contribution in [3.63, 3.8) is 0 Å². The minimum atomic E-state index is -1.02. The number of fused-ring (bicyclic) bond motifs is 5. The molecule has 7 aliphatic rings. The van der Waals surface area contributed by atoms with Crippen molar-refractivity contribution < 1.29 is 38.7 Å². The zero-order valence-corrected chi connectivity index (χ0v) is 23.3. The topological polar surface area (TPSA) is 104 Å². The van der Waals surface area contributed by atoms with Gasteiger partial charge in [-0.05, 0) is 93.8 Å². The lowest BCUT2D eigenvalue weighted by Crippen LogP contribution is -2.67. The van der Waals surface area contributed by atoms with E-state index >= 15 is 0 Å². The lowest BCUT2D eigenvalue weighted by Gasteiger charge is -2.67. The van der Waals surface area contributed by atoms with Gasteiger partial charge in [-0.2, -0.15) is 0 Å². The first kappa shape index (κ1) is 26.1. The van der Waals surface area contributed by atoms with Crippen LogP contribution in [-0.4, -0.2) is 72.0 Å². The number of carbonyl (C=O) groups is 1. The number of ether oxygens (including phenoxy) is 5. The highest BCUT2D eigenvalue weighted by molar-refractivity contribution is 5.72. The summed E-state index contributed by atoms with van der Waals surface area (Å²) in [4.78, 5) is 12.2. The van der Waals surface area contributed by atoms with Crippen molar-refractivity contribution in [2.24, 2.45) is 40.4 Å². The zero-order chi connectivity index (χ0) is 26.6. The first-order valence-corrected chi connectivity index (χ1v) is 15.2. The molecule has 0 aromatic rings. The third kappa shape index (κ3) is 3.40. The van der Waals surface area contributed by atoms with Gasteiger partial charge in [-0.25, -0.2) is 0 Å². The van der Waals surface area contributed by atoms with Crippen LogP contribution in [0.3, 0.4) is 0 Å². The normalized spacial score (nSPS) is 59.4. The van der Waals surface area contributed by atoms with Crippen LogP contribution in [0, 0.1) is 40.4 Å². The Hall–Kier alpha value is -0.770. The predicted molar refractivity (Wildman–Crippen MR) is 136 cm³/mol. The second-order valence-corrected chi connectivity index (χ2v) is 14.3. The van der Waals surface area contributed by atoms with Crippen LogP contribution in [0.4, 0.5) is 0 Å². The van der Waals surface area contributed by atoms with Gasteiger partial charge in [0.1, 0.15) is 18.3 Å². The molecule has 214 valence electrons. The van der Waals surface area contributed by atoms with Gasteiger partial charge in [-0.3, -0.25) is 4.79 Å². The predicted octanol–water partition coefficient (Wildman–Crippen LogP) is 3.55. The van der Waals surface area contributed by atoms with Gasteiger partial charge < -0.3 is 33.9 Å². The minimum absolute atomic E-state index is 0.0247. The molecule has 0 unspecified atom stereocenters. The number of hydrogen-bond acceptors (Lipinski definition) is 8. The monoisotopic (exact) mass is 534 g/mol. The lowest BCUT2D eigenvalue weighted by atomic mass is 9.42. The SMILES string of the molecule is CO[C@H]1[C@@H](O)[C@H](O[C@H]2CC[C@@]3(C)[C@@H](CC[C@H]4[C@H]3CC[C@]3(C)[C@H]5CC[C@]43O[C@@H]3OC(=O)C[C@@H]35)C2)O[C@@H](C)[C@H]1O. The summed E-state index contributed by atoms with van der Waals surface area (Å²) in [6.45, 7) is 6.78. The highest BCUT2D eigenvalue weighted by atomic mass is 16.7. The van der Waals surface area contributed by atoms with Crippen LogP contribution >= 0.6 is 0 Å². The van der Waals surface area contributed by atoms with E-state index in [1.54, 1.807) is 6.92 Å². The average Bonchev–Trinajstić information content (AvgIpc) is 3.34. The summed E-state index contributed by atoms with van der Waals surface area (Å²) in [5, 5.41) is 21.1. The molecule has 3 aliphatic heterocycles. The first-order chi connectivity index (χ1) is 18.1. The molecule has 2 bridgehead atoms. The molecule has 0 amide bonds. The van der Waals surface area contributed by atoms with Gasteiger partial charge >= 0.3 is 5.97 Å². The van der Waals surface area contributed by atoms with Crippen LogP contribution in [0.25, 0.3) is 0 Å². The maximum absolute atomic E-state index is 12.2. The van der Waals surface area contributed by atoms with E-state index < -0.39 is 30.7 Å². The van der Waals surface area contributed by atoms with Crippen LogP contribution in [0.1, 0.15) is 85.0 Å². The summed E-state index contributed by atoms with van der Waals surface area (Å²) < 4.78 is 30.4. The Balaban J connectivity index is 1.08. The molecule has 4 aliphatic carbocycles. The van der Waals surface area contributed by atoms with Crippen LogP contribution in [-0.2, 0) is 28.5 Å². The molecule has 0 radical (unpaired) electrons. The van der Waals surface area contributed by atoms with E-state index in [1.807, 2.05) is 0 Å². The van der Waals surface area contributed by atoms with Crippen molar-refractivity contribution in [3.05, 3.63) is 0 Å². The number of hydrogen-bond donors (Lipinski definition) is 2. The molecule has 8 heteroatoms. The maximum Gasteiger partial charge on any atom is 0.308 e. The van der Waals surface area contributed by atoms with Crippen molar-refractivity contribution in [1.82, 2.24) is 0 Å². The Bertz CT molecular complexity index is 959. The maximum atomic E-state index is 12.2. The van der Waals surface area contributed by atoms with E-state index in [2.05, 4.69) is 13.8 Å². The van der Waals surface area contributed by atoms with Crippen molar-refractivity contribution in [3.8, 4) is 0 Å². The smallest absolute Gasteiger partial charge is 0.308 e. The summed E-state index contributed by atoms with van der Waals surface area (Å²) in [7, 11) is 1.50. The van der Waals surface area contributed by atoms with E-state index in [0.29, 0.717) is 30.1 Å². The molecule has 4 saturated carbocycles. The number of carbonyl (C=O) groups excluding carboxylic acids is 1. The van der Waals surface area contributed by atoms with E-state index in [4.69, 9.17) is 23.7 Å². The fourth-order valence-corrected chi connectivity index (χ4v) is 11.1. The Morgan fingerprint density at radius 3 is 2.53 bits per heavy atom. The molecule has 3 heterocycles. The summed E-state index contributed by atoms with van der Waals surface area (Å²) in [5.41, 5.74) is 0.203. The van der Waals surface area contributed by atoms with Gasteiger partial charge in [0, 0.05) is 18.4 Å². The average molecular weight is 535 g/mol. The fourth-order valence-electron chi connectivity index (χ4n) is 11.1. The Kier molecular flexibility index (Phi) is 6.10. The van der Waals surface area contributed by atoms with Gasteiger partial charge in [0.2, 0.25) is 6.29 Å². The van der Waals surface area contributed by atoms with Crippen LogP contribution < -0.4 is 0 Å². The molecule has 0 spiro atoms. The van der Waals surface area contributed by atoms with Crippen LogP contribution in [0.15, 0.2) is 0 Å². The van der Waals surface area contributed by atoms with Crippen molar-refractivity contribution >= 4 is 5.97 Å². The van der Waals surface area contributed by atoms with Crippen LogP contribution in [0.5, 0.6) is 0 Å². The highest BCUT2D eigenvalue weighted by Crippen LogP contribution is 2.74. The van der Waals surface area contributed by atoms with Gasteiger partial charge in [0.05, 0.1) is 24.2 Å². The summed E-state index contributed by atoms with van der Waals surface area (Å²) in [5.74, 6) is 2.36. The third-order valence-corrected chi connectivity index (χ3v) is 13.1. The molecule has 2 N–H and O–H groups in total. The van der Waals surface area contributed by atoms with Crippen molar-refractivity contribution in [2.45, 2.75) is 134 Å². The summed E-state index contributed by atoms with van der Waals surface area (Å²) in [6.07, 6.45) is 6.35. The van der Waals surface area contributed by atoms with Gasteiger partial charge in [-0.15, -0.1) is 0 Å². The van der Waals surface area contributed by atoms with E-state index in [-0.39, 0.29) is 40.7 Å². The molecule has 15 atom stereocenters. The molecule has 0 aromatic heterocycles. The molecule has 3 saturated heterocycles. The van der Waals surface area contributed by atoms with E-state index in [9.17, 15) is 15.0 Å². The lowest BCUT2D eigenvalue weighted by molar-refractivity contribution is -0.327. The standard InChI is InChI=1S/C30H46O8/c1-15-23(32)25(34-4)24(33)27(35-15)36-17-7-10-28(2)16(13-17)5-6-21-20(28)8-11-29(3)19-9-12-30(21,29)38-26-18(19)14-22(31)37-26/h15-21,23-27,32-33H,5-14H2,1-4H3/t15-,16-,17-,18+,19-,20+,21-,23+,24+,25+,26-,27-,28-,29+,30-/m0/s1. The van der Waals surface area contributed by atoms with Gasteiger partial charge in [0.15, 0.2) is 6.29 Å². The summed E-state index contributed by atoms with van der Waals surface area (Å²) >= 11 is 0. The molecule has 7 rings (SSSR count). The van der Waals surface area contributed by atoms with E-state index in [0.717, 1.165) is 44.9 Å².